The third kappa shape index (κ3) is 6.83. The van der Waals surface area contributed by atoms with Gasteiger partial charge in [0.05, 0.1) is 13.2 Å². The molecule has 8 heteroatoms. The van der Waals surface area contributed by atoms with Crippen LogP contribution in [0.2, 0.25) is 0 Å². The quantitative estimate of drug-likeness (QED) is 0.479. The van der Waals surface area contributed by atoms with Crippen molar-refractivity contribution in [3.8, 4) is 5.75 Å². The second-order valence-electron chi connectivity index (χ2n) is 3.66. The summed E-state index contributed by atoms with van der Waals surface area (Å²) in [6.45, 7) is 3.33. The summed E-state index contributed by atoms with van der Waals surface area (Å²) in [4.78, 5) is 3.99. The fraction of sp³-hybridized carbons (Fsp3) is 0.417. The molecular weight excluding hydrogens is 275 g/mol. The highest BCUT2D eigenvalue weighted by Gasteiger charge is 2.30. The standard InChI is InChI=1S/C12H16F3N3O2/c1-2-19-8-7-17-11(16)18-9-3-5-10(6-4-9)20-12(13,14)15/h3-6H,2,7-8H2,1H3,(H3,16,17,18). The summed E-state index contributed by atoms with van der Waals surface area (Å²) >= 11 is 0. The molecule has 3 N–H and O–H groups in total. The molecule has 1 rings (SSSR count). The van der Waals surface area contributed by atoms with Crippen molar-refractivity contribution in [2.45, 2.75) is 13.3 Å². The van der Waals surface area contributed by atoms with E-state index in [1.54, 1.807) is 0 Å². The molecule has 0 atom stereocenters. The number of rotatable bonds is 6. The SMILES string of the molecule is CCOCCN=C(N)Nc1ccc(OC(F)(F)F)cc1. The normalized spacial score (nSPS) is 12.3. The predicted octanol–water partition coefficient (Wildman–Crippen LogP) is 2.35. The van der Waals surface area contributed by atoms with Gasteiger partial charge in [-0.25, -0.2) is 0 Å². The summed E-state index contributed by atoms with van der Waals surface area (Å²) < 4.78 is 44.7. The number of hydrogen-bond donors (Lipinski definition) is 2. The van der Waals surface area contributed by atoms with Gasteiger partial charge >= 0.3 is 6.36 Å². The summed E-state index contributed by atoms with van der Waals surface area (Å²) in [7, 11) is 0. The first-order valence-corrected chi connectivity index (χ1v) is 5.91. The highest BCUT2D eigenvalue weighted by molar-refractivity contribution is 5.92. The number of hydrogen-bond acceptors (Lipinski definition) is 3. The molecule has 0 heterocycles. The largest absolute Gasteiger partial charge is 0.573 e. The van der Waals surface area contributed by atoms with Crippen LogP contribution in [0.15, 0.2) is 29.3 Å². The number of nitrogens with one attached hydrogen (secondary N) is 1. The van der Waals surface area contributed by atoms with Crippen molar-refractivity contribution in [3.05, 3.63) is 24.3 Å². The van der Waals surface area contributed by atoms with Gasteiger partial charge in [-0.1, -0.05) is 0 Å². The summed E-state index contributed by atoms with van der Waals surface area (Å²) in [5.41, 5.74) is 6.11. The van der Waals surface area contributed by atoms with E-state index < -0.39 is 6.36 Å². The van der Waals surface area contributed by atoms with Crippen molar-refractivity contribution in [3.63, 3.8) is 0 Å². The molecule has 0 saturated heterocycles. The van der Waals surface area contributed by atoms with Gasteiger partial charge in [-0.3, -0.25) is 4.99 Å². The molecule has 0 aliphatic carbocycles. The average molecular weight is 291 g/mol. The highest BCUT2D eigenvalue weighted by atomic mass is 19.4. The second kappa shape index (κ2) is 7.59. The Morgan fingerprint density at radius 2 is 1.95 bits per heavy atom. The molecule has 0 saturated carbocycles. The zero-order valence-electron chi connectivity index (χ0n) is 10.9. The molecule has 112 valence electrons. The third-order valence-electron chi connectivity index (χ3n) is 2.08. The lowest BCUT2D eigenvalue weighted by Gasteiger charge is -2.10. The number of nitrogens with two attached hydrogens (primary N) is 1. The number of nitrogens with zero attached hydrogens (tertiary/aromatic N) is 1. The fourth-order valence-corrected chi connectivity index (χ4v) is 1.30. The lowest BCUT2D eigenvalue weighted by molar-refractivity contribution is -0.274. The van der Waals surface area contributed by atoms with Crippen molar-refractivity contribution < 1.29 is 22.6 Å². The van der Waals surface area contributed by atoms with Gasteiger partial charge in [-0.2, -0.15) is 0 Å². The molecule has 20 heavy (non-hydrogen) atoms. The second-order valence-corrected chi connectivity index (χ2v) is 3.66. The van der Waals surface area contributed by atoms with E-state index in [2.05, 4.69) is 15.0 Å². The Labute approximate surface area is 114 Å². The maximum atomic E-state index is 12.0. The van der Waals surface area contributed by atoms with Crippen molar-refractivity contribution in [1.82, 2.24) is 0 Å². The minimum absolute atomic E-state index is 0.161. The molecule has 5 nitrogen and oxygen atoms in total. The van der Waals surface area contributed by atoms with Gasteiger partial charge in [0.15, 0.2) is 5.96 Å². The van der Waals surface area contributed by atoms with Crippen LogP contribution in [0.25, 0.3) is 0 Å². The van der Waals surface area contributed by atoms with E-state index in [9.17, 15) is 13.2 Å². The molecule has 0 radical (unpaired) electrons. The van der Waals surface area contributed by atoms with Crippen LogP contribution in [0, 0.1) is 0 Å². The van der Waals surface area contributed by atoms with E-state index >= 15 is 0 Å². The zero-order chi connectivity index (χ0) is 15.0. The van der Waals surface area contributed by atoms with Gasteiger partial charge in [-0.05, 0) is 31.2 Å². The Hall–Kier alpha value is -1.96. The first-order valence-electron chi connectivity index (χ1n) is 5.91. The smallest absolute Gasteiger partial charge is 0.406 e. The van der Waals surface area contributed by atoms with Gasteiger partial charge in [0, 0.05) is 12.3 Å². The van der Waals surface area contributed by atoms with E-state index in [1.807, 2.05) is 6.92 Å². The van der Waals surface area contributed by atoms with Crippen LogP contribution in [0.5, 0.6) is 5.75 Å². The van der Waals surface area contributed by atoms with Gasteiger partial charge in [0.1, 0.15) is 5.75 Å². The van der Waals surface area contributed by atoms with Crippen LogP contribution in [-0.4, -0.2) is 32.1 Å². The van der Waals surface area contributed by atoms with E-state index in [0.717, 1.165) is 0 Å². The molecule has 0 fully saturated rings. The van der Waals surface area contributed by atoms with Crippen molar-refractivity contribution in [1.29, 1.82) is 0 Å². The maximum Gasteiger partial charge on any atom is 0.573 e. The molecule has 0 amide bonds. The maximum absolute atomic E-state index is 12.0. The minimum Gasteiger partial charge on any atom is -0.406 e. The number of aliphatic imine (C=N–C) groups is 1. The Bertz CT molecular complexity index is 433. The predicted molar refractivity (Wildman–Crippen MR) is 69.7 cm³/mol. The van der Waals surface area contributed by atoms with Crippen molar-refractivity contribution in [2.75, 3.05) is 25.1 Å². The van der Waals surface area contributed by atoms with Gasteiger partial charge in [-0.15, -0.1) is 13.2 Å². The highest BCUT2D eigenvalue weighted by Crippen LogP contribution is 2.23. The van der Waals surface area contributed by atoms with E-state index in [1.165, 1.54) is 24.3 Å². The topological polar surface area (TPSA) is 68.9 Å². The molecule has 0 bridgehead atoms. The number of anilines is 1. The van der Waals surface area contributed by atoms with Crippen LogP contribution in [0.1, 0.15) is 6.92 Å². The molecule has 0 aromatic heterocycles. The minimum atomic E-state index is -4.70. The van der Waals surface area contributed by atoms with Crippen molar-refractivity contribution in [2.24, 2.45) is 10.7 Å². The first-order chi connectivity index (χ1) is 9.40. The molecule has 1 aromatic carbocycles. The van der Waals surface area contributed by atoms with E-state index in [-0.39, 0.29) is 11.7 Å². The molecule has 1 aromatic rings. The first kappa shape index (κ1) is 16.1. The van der Waals surface area contributed by atoms with Crippen LogP contribution in [-0.2, 0) is 4.74 Å². The number of benzene rings is 1. The van der Waals surface area contributed by atoms with Gasteiger partial charge < -0.3 is 20.5 Å². The number of alkyl halides is 3. The van der Waals surface area contributed by atoms with Crippen LogP contribution >= 0.6 is 0 Å². The molecule has 0 aliphatic heterocycles. The Morgan fingerprint density at radius 1 is 1.30 bits per heavy atom. The molecule has 0 unspecified atom stereocenters. The van der Waals surface area contributed by atoms with Crippen LogP contribution < -0.4 is 15.8 Å². The number of halogens is 3. The van der Waals surface area contributed by atoms with E-state index in [0.29, 0.717) is 25.4 Å². The fourth-order valence-electron chi connectivity index (χ4n) is 1.30. The summed E-state index contributed by atoms with van der Waals surface area (Å²) in [6.07, 6.45) is -4.70. The third-order valence-corrected chi connectivity index (χ3v) is 2.08. The molecule has 0 aliphatic rings. The lowest BCUT2D eigenvalue weighted by atomic mass is 10.3. The van der Waals surface area contributed by atoms with Crippen LogP contribution in [0.3, 0.4) is 0 Å². The Balaban J connectivity index is 2.48. The van der Waals surface area contributed by atoms with Crippen molar-refractivity contribution >= 4 is 11.6 Å². The Morgan fingerprint density at radius 3 is 2.50 bits per heavy atom. The van der Waals surface area contributed by atoms with Crippen LogP contribution in [0.4, 0.5) is 18.9 Å². The molecular formula is C12H16F3N3O2. The van der Waals surface area contributed by atoms with E-state index in [4.69, 9.17) is 10.5 Å². The average Bonchev–Trinajstić information content (AvgIpc) is 2.35. The summed E-state index contributed by atoms with van der Waals surface area (Å²) in [5, 5.41) is 2.74. The monoisotopic (exact) mass is 291 g/mol. The summed E-state index contributed by atoms with van der Waals surface area (Å²) in [6, 6.07) is 5.19. The number of guanidine groups is 1. The molecule has 0 spiro atoms. The summed E-state index contributed by atoms with van der Waals surface area (Å²) in [5.74, 6) is -0.135. The lowest BCUT2D eigenvalue weighted by Crippen LogP contribution is -2.23. The van der Waals surface area contributed by atoms with Gasteiger partial charge in [0.2, 0.25) is 0 Å². The number of ether oxygens (including phenoxy) is 2. The Kier molecular flexibility index (Phi) is 6.10. The van der Waals surface area contributed by atoms with Gasteiger partial charge in [0.25, 0.3) is 0 Å². The zero-order valence-corrected chi connectivity index (χ0v) is 10.9.